The maximum atomic E-state index is 12.3. The number of nitrogens with two attached hydrogens (primary N) is 1. The van der Waals surface area contributed by atoms with Crippen LogP contribution in [0.25, 0.3) is 0 Å². The minimum absolute atomic E-state index is 0.0764. The number of fused-ring (bicyclic) bond motifs is 1. The van der Waals surface area contributed by atoms with Gasteiger partial charge in [-0.3, -0.25) is 4.79 Å². The van der Waals surface area contributed by atoms with Gasteiger partial charge >= 0.3 is 0 Å². The highest BCUT2D eigenvalue weighted by Gasteiger charge is 2.28. The fourth-order valence-corrected chi connectivity index (χ4v) is 3.97. The number of anilines is 1. The van der Waals surface area contributed by atoms with Crippen molar-refractivity contribution in [1.82, 2.24) is 4.90 Å². The van der Waals surface area contributed by atoms with E-state index in [1.54, 1.807) is 6.07 Å². The van der Waals surface area contributed by atoms with Gasteiger partial charge in [0.05, 0.1) is 17.3 Å². The quantitative estimate of drug-likeness (QED) is 0.778. The number of carbonyl (C=O) groups excluding carboxylic acids is 1. The van der Waals surface area contributed by atoms with E-state index >= 15 is 0 Å². The molecule has 3 rings (SSSR count). The van der Waals surface area contributed by atoms with E-state index in [9.17, 15) is 9.35 Å². The van der Waals surface area contributed by atoms with Crippen LogP contribution in [0.2, 0.25) is 0 Å². The maximum absolute atomic E-state index is 12.3. The van der Waals surface area contributed by atoms with Crippen molar-refractivity contribution in [2.24, 2.45) is 10.1 Å². The van der Waals surface area contributed by atoms with Gasteiger partial charge in [0.25, 0.3) is 0 Å². The molecule has 7 nitrogen and oxygen atoms in total. The number of hydrogen-bond donors (Lipinski definition) is 2. The summed E-state index contributed by atoms with van der Waals surface area (Å²) in [5.74, 6) is 0.991. The lowest BCUT2D eigenvalue weighted by Gasteiger charge is -2.35. The largest absolute Gasteiger partial charge is 0.566 e. The van der Waals surface area contributed by atoms with Crippen LogP contribution in [0, 0.1) is 0 Å². The standard InChI is InChI=1S/C17H24N4O3S/c1-2-6-15(22)21-10-4-3-7-12(21)11-24-14-9-5-8-13-16(14)17(18)20-25(23)19-13/h5,8-9,12,19H,2-4,6-7,10-11H2,1H3,(H2,18,20). The van der Waals surface area contributed by atoms with Crippen molar-refractivity contribution >= 4 is 29.0 Å². The van der Waals surface area contributed by atoms with Gasteiger partial charge in [-0.05, 0) is 42.2 Å². The third-order valence-corrected chi connectivity index (χ3v) is 5.26. The highest BCUT2D eigenvalue weighted by Crippen LogP contribution is 2.31. The number of carbonyl (C=O) groups is 1. The van der Waals surface area contributed by atoms with Crippen LogP contribution in [0.1, 0.15) is 44.6 Å². The number of piperidine rings is 1. The average Bonchev–Trinajstić information content (AvgIpc) is 2.60. The molecule has 1 fully saturated rings. The summed E-state index contributed by atoms with van der Waals surface area (Å²) < 4.78 is 24.2. The minimum Gasteiger partial charge on any atom is -0.566 e. The van der Waals surface area contributed by atoms with Crippen molar-refractivity contribution in [3.63, 3.8) is 0 Å². The number of nitrogens with zero attached hydrogens (tertiary/aromatic N) is 2. The van der Waals surface area contributed by atoms with Crippen LogP contribution in [0.3, 0.4) is 0 Å². The summed E-state index contributed by atoms with van der Waals surface area (Å²) in [4.78, 5) is 14.3. The molecule has 1 aromatic carbocycles. The van der Waals surface area contributed by atoms with Gasteiger partial charge in [-0.2, -0.15) is 4.72 Å². The third kappa shape index (κ3) is 4.01. The summed E-state index contributed by atoms with van der Waals surface area (Å²) in [6.07, 6.45) is 4.51. The third-order valence-electron chi connectivity index (χ3n) is 4.50. The Morgan fingerprint density at radius 3 is 3.16 bits per heavy atom. The topological polar surface area (TPSA) is 103 Å². The lowest BCUT2D eigenvalue weighted by atomic mass is 10.0. The molecule has 25 heavy (non-hydrogen) atoms. The van der Waals surface area contributed by atoms with Gasteiger partial charge in [0.2, 0.25) is 17.5 Å². The Bertz CT molecular complexity index is 667. The molecule has 2 heterocycles. The number of ether oxygens (including phenoxy) is 1. The molecular weight excluding hydrogens is 340 g/mol. The number of likely N-dealkylation sites (tertiary alicyclic amines) is 1. The Balaban J connectivity index is 1.73. The molecule has 2 aliphatic rings. The predicted octanol–water partition coefficient (Wildman–Crippen LogP) is 1.96. The maximum Gasteiger partial charge on any atom is 0.222 e. The summed E-state index contributed by atoms with van der Waals surface area (Å²) in [6.45, 7) is 3.23. The van der Waals surface area contributed by atoms with E-state index < -0.39 is 11.5 Å². The monoisotopic (exact) mass is 364 g/mol. The molecule has 0 aromatic heterocycles. The zero-order chi connectivity index (χ0) is 17.8. The first-order valence-corrected chi connectivity index (χ1v) is 9.79. The molecule has 2 unspecified atom stereocenters. The molecule has 1 saturated heterocycles. The molecule has 2 aliphatic heterocycles. The van der Waals surface area contributed by atoms with Crippen LogP contribution in [0.5, 0.6) is 5.75 Å². The summed E-state index contributed by atoms with van der Waals surface area (Å²) in [6, 6.07) is 5.50. The van der Waals surface area contributed by atoms with E-state index in [0.29, 0.717) is 30.0 Å². The van der Waals surface area contributed by atoms with Crippen molar-refractivity contribution in [3.05, 3.63) is 23.8 Å². The summed E-state index contributed by atoms with van der Waals surface area (Å²) in [5, 5.41) is 0. The van der Waals surface area contributed by atoms with E-state index in [-0.39, 0.29) is 17.8 Å². The summed E-state index contributed by atoms with van der Waals surface area (Å²) >= 11 is -1.56. The van der Waals surface area contributed by atoms with Crippen molar-refractivity contribution < 1.29 is 14.1 Å². The van der Waals surface area contributed by atoms with Gasteiger partial charge in [0.15, 0.2) is 5.84 Å². The van der Waals surface area contributed by atoms with E-state index in [1.165, 1.54) is 0 Å². The first-order chi connectivity index (χ1) is 12.1. The molecule has 3 N–H and O–H groups in total. The molecule has 2 atom stereocenters. The molecule has 0 saturated carbocycles. The van der Waals surface area contributed by atoms with Gasteiger partial charge < -0.3 is 19.9 Å². The highest BCUT2D eigenvalue weighted by molar-refractivity contribution is 7.91. The van der Waals surface area contributed by atoms with E-state index in [0.717, 1.165) is 32.2 Å². The predicted molar refractivity (Wildman–Crippen MR) is 98.7 cm³/mol. The van der Waals surface area contributed by atoms with E-state index in [2.05, 4.69) is 9.12 Å². The molecule has 0 aliphatic carbocycles. The zero-order valence-corrected chi connectivity index (χ0v) is 15.2. The first kappa shape index (κ1) is 17.9. The average molecular weight is 364 g/mol. The molecule has 8 heteroatoms. The van der Waals surface area contributed by atoms with E-state index in [1.807, 2.05) is 24.0 Å². The van der Waals surface area contributed by atoms with E-state index in [4.69, 9.17) is 10.5 Å². The van der Waals surface area contributed by atoms with Crippen LogP contribution >= 0.6 is 0 Å². The second kappa shape index (κ2) is 7.97. The number of amidine groups is 1. The Morgan fingerprint density at radius 2 is 2.36 bits per heavy atom. The summed E-state index contributed by atoms with van der Waals surface area (Å²) in [7, 11) is 0. The molecule has 0 bridgehead atoms. The number of amides is 1. The second-order valence-electron chi connectivity index (χ2n) is 6.30. The Hall–Kier alpha value is -1.93. The van der Waals surface area contributed by atoms with Gasteiger partial charge in [-0.1, -0.05) is 13.0 Å². The zero-order valence-electron chi connectivity index (χ0n) is 14.4. The SMILES string of the molecule is CCCC(=O)N1CCCCC1COc1cccc2c1C(N)=N[S+]([O-])N2. The number of hydrogen-bond acceptors (Lipinski definition) is 6. The lowest BCUT2D eigenvalue weighted by Crippen LogP contribution is -2.46. The van der Waals surface area contributed by atoms with Crippen molar-refractivity contribution in [1.29, 1.82) is 0 Å². The highest BCUT2D eigenvalue weighted by atomic mass is 32.2. The molecule has 0 spiro atoms. The number of rotatable bonds is 5. The summed E-state index contributed by atoms with van der Waals surface area (Å²) in [5.41, 5.74) is 7.21. The van der Waals surface area contributed by atoms with Crippen molar-refractivity contribution in [2.75, 3.05) is 17.9 Å². The van der Waals surface area contributed by atoms with Gasteiger partial charge in [-0.25, -0.2) is 0 Å². The smallest absolute Gasteiger partial charge is 0.222 e. The molecule has 1 amide bonds. The van der Waals surface area contributed by atoms with Crippen LogP contribution in [-0.2, 0) is 16.3 Å². The van der Waals surface area contributed by atoms with Crippen LogP contribution in [0.15, 0.2) is 22.6 Å². The second-order valence-corrected chi connectivity index (χ2v) is 7.19. The lowest BCUT2D eigenvalue weighted by molar-refractivity contribution is -0.135. The molecule has 136 valence electrons. The normalized spacial score (nSPS) is 22.6. The van der Waals surface area contributed by atoms with Crippen LogP contribution in [0.4, 0.5) is 5.69 Å². The minimum atomic E-state index is -1.56. The van der Waals surface area contributed by atoms with Crippen LogP contribution in [-0.4, -0.2) is 40.4 Å². The Kier molecular flexibility index (Phi) is 5.70. The van der Waals surface area contributed by atoms with Crippen LogP contribution < -0.4 is 15.2 Å². The van der Waals surface area contributed by atoms with Gasteiger partial charge in [0.1, 0.15) is 12.4 Å². The Morgan fingerprint density at radius 1 is 1.52 bits per heavy atom. The van der Waals surface area contributed by atoms with Crippen molar-refractivity contribution in [3.8, 4) is 5.75 Å². The molecule has 0 radical (unpaired) electrons. The number of benzene rings is 1. The van der Waals surface area contributed by atoms with Gasteiger partial charge in [0, 0.05) is 13.0 Å². The number of nitrogens with one attached hydrogen (secondary N) is 1. The first-order valence-electron chi connectivity index (χ1n) is 8.68. The fraction of sp³-hybridized carbons (Fsp3) is 0.529. The van der Waals surface area contributed by atoms with Crippen molar-refractivity contribution in [2.45, 2.75) is 45.1 Å². The molecular formula is C17H24N4O3S. The molecule has 1 aromatic rings. The fourth-order valence-electron chi connectivity index (χ4n) is 3.30. The Labute approximate surface area is 151 Å². The van der Waals surface area contributed by atoms with Gasteiger partial charge in [-0.15, -0.1) is 0 Å².